The molecule has 21 heavy (non-hydrogen) atoms. The van der Waals surface area contributed by atoms with Gasteiger partial charge in [0.05, 0.1) is 5.56 Å². The summed E-state index contributed by atoms with van der Waals surface area (Å²) in [4.78, 5) is 0. The van der Waals surface area contributed by atoms with E-state index in [2.05, 4.69) is 68.7 Å². The molecule has 3 aromatic rings. The van der Waals surface area contributed by atoms with Crippen LogP contribution in [0.1, 0.15) is 45.2 Å². The fourth-order valence-corrected chi connectivity index (χ4v) is 2.90. The van der Waals surface area contributed by atoms with Gasteiger partial charge in [-0.3, -0.25) is 0 Å². The molecule has 0 bridgehead atoms. The normalized spacial score (nSPS) is 11.7. The Bertz CT molecular complexity index is 768. The van der Waals surface area contributed by atoms with Gasteiger partial charge in [-0.25, -0.2) is 0 Å². The van der Waals surface area contributed by atoms with E-state index in [1.165, 1.54) is 11.1 Å². The van der Waals surface area contributed by atoms with Gasteiger partial charge in [0.25, 0.3) is 5.52 Å². The topological polar surface area (TPSA) is 17.0 Å². The van der Waals surface area contributed by atoms with Crippen molar-refractivity contribution in [2.75, 3.05) is 0 Å². The third-order valence-electron chi connectivity index (χ3n) is 3.88. The highest BCUT2D eigenvalue weighted by molar-refractivity contribution is 5.72. The highest BCUT2D eigenvalue weighted by Gasteiger charge is 2.28. The molecular formula is C19H22NO+. The lowest BCUT2D eigenvalue weighted by molar-refractivity contribution is -0.684. The highest BCUT2D eigenvalue weighted by Crippen LogP contribution is 2.30. The molecule has 0 aliphatic heterocycles. The number of nitrogens with zero attached hydrogens (tertiary/aromatic N) is 1. The fraction of sp³-hybridized carbons (Fsp3) is 0.316. The van der Waals surface area contributed by atoms with Gasteiger partial charge in [0.1, 0.15) is 0 Å². The monoisotopic (exact) mass is 280 g/mol. The van der Waals surface area contributed by atoms with Crippen molar-refractivity contribution in [3.63, 3.8) is 0 Å². The second kappa shape index (κ2) is 5.36. The van der Waals surface area contributed by atoms with E-state index >= 15 is 0 Å². The Morgan fingerprint density at radius 1 is 0.857 bits per heavy atom. The molecule has 0 aliphatic rings. The zero-order chi connectivity index (χ0) is 15.0. The molecule has 0 amide bonds. The second-order valence-corrected chi connectivity index (χ2v) is 6.08. The molecule has 0 saturated carbocycles. The molecule has 1 heterocycles. The summed E-state index contributed by atoms with van der Waals surface area (Å²) in [5.41, 5.74) is 4.61. The summed E-state index contributed by atoms with van der Waals surface area (Å²) in [5.74, 6) is 1.42. The van der Waals surface area contributed by atoms with Crippen molar-refractivity contribution in [1.29, 1.82) is 0 Å². The molecule has 0 aliphatic carbocycles. The minimum absolute atomic E-state index is 0.351. The van der Waals surface area contributed by atoms with E-state index < -0.39 is 0 Å². The molecule has 2 heteroatoms. The molecule has 3 rings (SSSR count). The summed E-state index contributed by atoms with van der Waals surface area (Å²) < 4.78 is 8.49. The molecular weight excluding hydrogens is 258 g/mol. The minimum Gasteiger partial charge on any atom is -0.398 e. The van der Waals surface area contributed by atoms with Crippen molar-refractivity contribution in [1.82, 2.24) is 0 Å². The van der Waals surface area contributed by atoms with Crippen molar-refractivity contribution in [2.45, 2.75) is 39.7 Å². The molecule has 1 aromatic heterocycles. The van der Waals surface area contributed by atoms with Crippen LogP contribution in [-0.2, 0) is 0 Å². The van der Waals surface area contributed by atoms with Crippen LogP contribution in [0, 0.1) is 0 Å². The Morgan fingerprint density at radius 2 is 1.52 bits per heavy atom. The number of oxazole rings is 1. The number of para-hydroxylation sites is 2. The zero-order valence-corrected chi connectivity index (χ0v) is 13.1. The van der Waals surface area contributed by atoms with Gasteiger partial charge in [-0.15, -0.1) is 0 Å². The van der Waals surface area contributed by atoms with Crippen LogP contribution in [0.5, 0.6) is 0 Å². The van der Waals surface area contributed by atoms with Gasteiger partial charge in [-0.1, -0.05) is 44.2 Å². The number of benzene rings is 2. The van der Waals surface area contributed by atoms with E-state index in [-0.39, 0.29) is 0 Å². The Balaban J connectivity index is 2.33. The van der Waals surface area contributed by atoms with Crippen molar-refractivity contribution in [3.05, 3.63) is 54.1 Å². The maximum atomic E-state index is 6.20. The Labute approximate surface area is 126 Å². The Hall–Kier alpha value is -2.09. The van der Waals surface area contributed by atoms with Crippen LogP contribution >= 0.6 is 0 Å². The fourth-order valence-electron chi connectivity index (χ4n) is 2.90. The van der Waals surface area contributed by atoms with E-state index in [1.54, 1.807) is 0 Å². The predicted octanol–water partition coefficient (Wildman–Crippen LogP) is 5.09. The summed E-state index contributed by atoms with van der Waals surface area (Å²) in [6, 6.07) is 17.1. The summed E-state index contributed by atoms with van der Waals surface area (Å²) in [7, 11) is 0. The van der Waals surface area contributed by atoms with Crippen molar-refractivity contribution < 1.29 is 8.98 Å². The number of hydrogen-bond donors (Lipinski definition) is 0. The van der Waals surface area contributed by atoms with Crippen LogP contribution in [-0.4, -0.2) is 0 Å². The standard InChI is InChI=1S/C19H22NO/c1-13(2)15-9-5-6-10-16(15)19-20(14(3)4)17-11-7-8-12-18(17)21-19/h5-14H,1-4H3/q+1. The van der Waals surface area contributed by atoms with E-state index in [0.29, 0.717) is 12.0 Å². The first-order valence-electron chi connectivity index (χ1n) is 7.62. The average Bonchev–Trinajstić information content (AvgIpc) is 2.86. The first-order valence-corrected chi connectivity index (χ1v) is 7.62. The van der Waals surface area contributed by atoms with Gasteiger partial charge in [-0.05, 0) is 37.5 Å². The SMILES string of the molecule is CC(C)c1ccccc1-c1oc2ccccc2[n+]1C(C)C. The largest absolute Gasteiger partial charge is 0.398 e. The Kier molecular flexibility index (Phi) is 3.54. The number of hydrogen-bond acceptors (Lipinski definition) is 1. The smallest absolute Gasteiger partial charge is 0.382 e. The van der Waals surface area contributed by atoms with Crippen molar-refractivity contribution in [3.8, 4) is 11.5 Å². The molecule has 0 unspecified atom stereocenters. The van der Waals surface area contributed by atoms with Crippen LogP contribution in [0.3, 0.4) is 0 Å². The van der Waals surface area contributed by atoms with Gasteiger partial charge >= 0.3 is 5.89 Å². The first-order chi connectivity index (χ1) is 10.1. The number of fused-ring (bicyclic) bond motifs is 1. The van der Waals surface area contributed by atoms with Gasteiger partial charge in [-0.2, -0.15) is 4.57 Å². The van der Waals surface area contributed by atoms with Crippen molar-refractivity contribution in [2.24, 2.45) is 0 Å². The van der Waals surface area contributed by atoms with E-state index in [4.69, 9.17) is 4.42 Å². The third kappa shape index (κ3) is 2.35. The van der Waals surface area contributed by atoms with Crippen LogP contribution in [0.4, 0.5) is 0 Å². The molecule has 0 spiro atoms. The molecule has 0 fully saturated rings. The molecule has 0 saturated heterocycles. The van der Waals surface area contributed by atoms with Gasteiger partial charge in [0, 0.05) is 6.07 Å². The number of rotatable bonds is 3. The maximum Gasteiger partial charge on any atom is 0.382 e. The van der Waals surface area contributed by atoms with E-state index in [0.717, 1.165) is 17.0 Å². The Morgan fingerprint density at radius 3 is 2.24 bits per heavy atom. The highest BCUT2D eigenvalue weighted by atomic mass is 16.4. The lowest BCUT2D eigenvalue weighted by atomic mass is 9.97. The maximum absolute atomic E-state index is 6.20. The molecule has 2 nitrogen and oxygen atoms in total. The molecule has 0 N–H and O–H groups in total. The predicted molar refractivity (Wildman–Crippen MR) is 86.3 cm³/mol. The summed E-state index contributed by atoms with van der Waals surface area (Å²) in [6.07, 6.45) is 0. The van der Waals surface area contributed by atoms with Crippen LogP contribution in [0.15, 0.2) is 52.9 Å². The summed E-state index contributed by atoms with van der Waals surface area (Å²) in [5, 5.41) is 0. The third-order valence-corrected chi connectivity index (χ3v) is 3.88. The van der Waals surface area contributed by atoms with Gasteiger partial charge in [0.15, 0.2) is 6.04 Å². The van der Waals surface area contributed by atoms with Crippen molar-refractivity contribution >= 4 is 11.1 Å². The first kappa shape index (κ1) is 13.9. The van der Waals surface area contributed by atoms with Gasteiger partial charge in [0.2, 0.25) is 5.58 Å². The molecule has 0 atom stereocenters. The quantitative estimate of drug-likeness (QED) is 0.611. The lowest BCUT2D eigenvalue weighted by Crippen LogP contribution is -2.37. The average molecular weight is 280 g/mol. The second-order valence-electron chi connectivity index (χ2n) is 6.08. The molecule has 2 aromatic carbocycles. The van der Waals surface area contributed by atoms with Crippen LogP contribution in [0.2, 0.25) is 0 Å². The minimum atomic E-state index is 0.351. The van der Waals surface area contributed by atoms with Crippen LogP contribution < -0.4 is 4.57 Å². The van der Waals surface area contributed by atoms with Gasteiger partial charge < -0.3 is 4.42 Å². The lowest BCUT2D eigenvalue weighted by Gasteiger charge is -2.09. The number of aromatic nitrogens is 1. The summed E-state index contributed by atoms with van der Waals surface area (Å²) in [6.45, 7) is 8.84. The zero-order valence-electron chi connectivity index (χ0n) is 13.1. The van der Waals surface area contributed by atoms with E-state index in [1.807, 2.05) is 12.1 Å². The van der Waals surface area contributed by atoms with E-state index in [9.17, 15) is 0 Å². The molecule has 0 radical (unpaired) electrons. The van der Waals surface area contributed by atoms with Crippen LogP contribution in [0.25, 0.3) is 22.6 Å². The summed E-state index contributed by atoms with van der Waals surface area (Å²) >= 11 is 0. The molecule has 108 valence electrons.